The first-order valence-electron chi connectivity index (χ1n) is 7.12. The second kappa shape index (κ2) is 4.75. The molecule has 2 unspecified atom stereocenters. The summed E-state index contributed by atoms with van der Waals surface area (Å²) < 4.78 is 0. The van der Waals surface area contributed by atoms with Gasteiger partial charge in [-0.3, -0.25) is 4.79 Å². The van der Waals surface area contributed by atoms with Crippen molar-refractivity contribution in [3.8, 4) is 0 Å². The molecule has 2 nitrogen and oxygen atoms in total. The van der Waals surface area contributed by atoms with Gasteiger partial charge in [0.05, 0.1) is 0 Å². The standard InChI is InChI=1S/C16H21NO/c1-17-14-8-4-2-6-12(14)10-11-16(18)13-7-3-5-9-15(13)17/h3,5,7,9,12,14H,2,4,6,8,10-11H2,1H3. The van der Waals surface area contributed by atoms with E-state index in [1.165, 1.54) is 25.7 Å². The third-order valence-electron chi connectivity index (χ3n) is 4.69. The van der Waals surface area contributed by atoms with E-state index in [-0.39, 0.29) is 0 Å². The van der Waals surface area contributed by atoms with Gasteiger partial charge in [-0.05, 0) is 37.3 Å². The molecule has 0 amide bonds. The zero-order chi connectivity index (χ0) is 12.5. The molecule has 1 saturated carbocycles. The summed E-state index contributed by atoms with van der Waals surface area (Å²) in [7, 11) is 2.17. The van der Waals surface area contributed by atoms with Crippen molar-refractivity contribution in [2.45, 2.75) is 44.6 Å². The molecule has 1 aromatic rings. The van der Waals surface area contributed by atoms with Gasteiger partial charge in [-0.2, -0.15) is 0 Å². The highest BCUT2D eigenvalue weighted by Gasteiger charge is 2.32. The molecule has 2 heteroatoms. The lowest BCUT2D eigenvalue weighted by atomic mass is 9.78. The summed E-state index contributed by atoms with van der Waals surface area (Å²) in [6, 6.07) is 8.74. The molecule has 0 radical (unpaired) electrons. The Bertz CT molecular complexity index is 454. The molecule has 18 heavy (non-hydrogen) atoms. The number of rotatable bonds is 0. The Morgan fingerprint density at radius 3 is 2.78 bits per heavy atom. The van der Waals surface area contributed by atoms with Gasteiger partial charge in [-0.25, -0.2) is 0 Å². The monoisotopic (exact) mass is 243 g/mol. The molecule has 1 aromatic carbocycles. The van der Waals surface area contributed by atoms with E-state index in [9.17, 15) is 4.79 Å². The number of nitrogens with zero attached hydrogens (tertiary/aromatic N) is 1. The molecule has 96 valence electrons. The number of carbonyl (C=O) groups is 1. The maximum Gasteiger partial charge on any atom is 0.164 e. The van der Waals surface area contributed by atoms with Gasteiger partial charge >= 0.3 is 0 Å². The van der Waals surface area contributed by atoms with Crippen LogP contribution in [0.4, 0.5) is 5.69 Å². The van der Waals surface area contributed by atoms with E-state index in [0.29, 0.717) is 17.7 Å². The van der Waals surface area contributed by atoms with Crippen LogP contribution in [-0.2, 0) is 0 Å². The van der Waals surface area contributed by atoms with E-state index in [2.05, 4.69) is 18.0 Å². The zero-order valence-electron chi connectivity index (χ0n) is 11.1. The smallest absolute Gasteiger partial charge is 0.164 e. The number of Topliss-reactive ketones (excluding diaryl/α,β-unsaturated/α-hetero) is 1. The van der Waals surface area contributed by atoms with Crippen LogP contribution in [0.2, 0.25) is 0 Å². The van der Waals surface area contributed by atoms with Gasteiger partial charge in [0.25, 0.3) is 0 Å². The molecule has 1 heterocycles. The Balaban J connectivity index is 2.01. The third kappa shape index (κ3) is 1.94. The van der Waals surface area contributed by atoms with Crippen molar-refractivity contribution in [3.63, 3.8) is 0 Å². The van der Waals surface area contributed by atoms with Gasteiger partial charge in [0.2, 0.25) is 0 Å². The number of para-hydroxylation sites is 1. The Labute approximate surface area is 109 Å². The summed E-state index contributed by atoms with van der Waals surface area (Å²) in [5.74, 6) is 1.03. The zero-order valence-corrected chi connectivity index (χ0v) is 11.1. The summed E-state index contributed by atoms with van der Waals surface area (Å²) in [4.78, 5) is 14.6. The quantitative estimate of drug-likeness (QED) is 0.693. The number of hydrogen-bond donors (Lipinski definition) is 0. The molecular formula is C16H21NO. The number of anilines is 1. The van der Waals surface area contributed by atoms with Crippen molar-refractivity contribution in [1.82, 2.24) is 0 Å². The average molecular weight is 243 g/mol. The lowest BCUT2D eigenvalue weighted by molar-refractivity contribution is 0.0963. The molecule has 0 bridgehead atoms. The summed E-state index contributed by atoms with van der Waals surface area (Å²) in [5, 5.41) is 0. The van der Waals surface area contributed by atoms with E-state index in [4.69, 9.17) is 0 Å². The van der Waals surface area contributed by atoms with Crippen LogP contribution >= 0.6 is 0 Å². The number of carbonyl (C=O) groups excluding carboxylic acids is 1. The molecule has 1 fully saturated rings. The summed E-state index contributed by atoms with van der Waals surface area (Å²) in [6.07, 6.45) is 7.05. The summed E-state index contributed by atoms with van der Waals surface area (Å²) in [6.45, 7) is 0. The minimum Gasteiger partial charge on any atom is -0.371 e. The van der Waals surface area contributed by atoms with Crippen LogP contribution in [0.1, 0.15) is 48.9 Å². The normalized spacial score (nSPS) is 28.1. The van der Waals surface area contributed by atoms with Crippen molar-refractivity contribution < 1.29 is 4.79 Å². The van der Waals surface area contributed by atoms with Gasteiger partial charge in [0.1, 0.15) is 0 Å². The minimum absolute atomic E-state index is 0.321. The predicted molar refractivity (Wildman–Crippen MR) is 74.2 cm³/mol. The molecule has 1 aliphatic heterocycles. The Hall–Kier alpha value is -1.31. The van der Waals surface area contributed by atoms with Crippen molar-refractivity contribution in [3.05, 3.63) is 29.8 Å². The molecule has 0 spiro atoms. The van der Waals surface area contributed by atoms with Crippen LogP contribution in [0.25, 0.3) is 0 Å². The fourth-order valence-electron chi connectivity index (χ4n) is 3.68. The lowest BCUT2D eigenvalue weighted by Gasteiger charge is -2.41. The summed E-state index contributed by atoms with van der Waals surface area (Å²) in [5.41, 5.74) is 2.06. The van der Waals surface area contributed by atoms with E-state index in [1.807, 2.05) is 18.2 Å². The van der Waals surface area contributed by atoms with E-state index in [1.54, 1.807) is 0 Å². The van der Waals surface area contributed by atoms with Gasteiger partial charge < -0.3 is 4.90 Å². The molecule has 0 aromatic heterocycles. The van der Waals surface area contributed by atoms with Gasteiger partial charge in [0, 0.05) is 30.8 Å². The Morgan fingerprint density at radius 2 is 1.89 bits per heavy atom. The minimum atomic E-state index is 0.321. The van der Waals surface area contributed by atoms with Crippen LogP contribution in [0, 0.1) is 5.92 Å². The number of benzene rings is 1. The molecule has 2 atom stereocenters. The average Bonchev–Trinajstić information content (AvgIpc) is 2.43. The molecule has 1 aliphatic carbocycles. The fourth-order valence-corrected chi connectivity index (χ4v) is 3.68. The maximum absolute atomic E-state index is 12.3. The number of fused-ring (bicyclic) bond motifs is 2. The van der Waals surface area contributed by atoms with Crippen molar-refractivity contribution in [2.75, 3.05) is 11.9 Å². The van der Waals surface area contributed by atoms with E-state index >= 15 is 0 Å². The maximum atomic E-state index is 12.3. The predicted octanol–water partition coefficient (Wildman–Crippen LogP) is 3.66. The summed E-state index contributed by atoms with van der Waals surface area (Å²) >= 11 is 0. The van der Waals surface area contributed by atoms with Crippen molar-refractivity contribution >= 4 is 11.5 Å². The topological polar surface area (TPSA) is 20.3 Å². The van der Waals surface area contributed by atoms with Crippen LogP contribution in [-0.4, -0.2) is 18.9 Å². The molecular weight excluding hydrogens is 222 g/mol. The Kier molecular flexibility index (Phi) is 3.11. The second-order valence-electron chi connectivity index (χ2n) is 5.70. The largest absolute Gasteiger partial charge is 0.371 e. The van der Waals surface area contributed by atoms with Crippen LogP contribution in [0.3, 0.4) is 0 Å². The Morgan fingerprint density at radius 1 is 1.11 bits per heavy atom. The highest BCUT2D eigenvalue weighted by molar-refractivity contribution is 6.01. The van der Waals surface area contributed by atoms with Crippen LogP contribution in [0.5, 0.6) is 0 Å². The van der Waals surface area contributed by atoms with Crippen LogP contribution < -0.4 is 4.90 Å². The first-order chi connectivity index (χ1) is 8.77. The highest BCUT2D eigenvalue weighted by atomic mass is 16.1. The molecule has 2 aliphatic rings. The first kappa shape index (κ1) is 11.8. The third-order valence-corrected chi connectivity index (χ3v) is 4.69. The molecule has 0 N–H and O–H groups in total. The SMILES string of the molecule is CN1c2ccccc2C(=O)CCC2CCCCC21. The fraction of sp³-hybridized carbons (Fsp3) is 0.562. The van der Waals surface area contributed by atoms with E-state index < -0.39 is 0 Å². The van der Waals surface area contributed by atoms with Gasteiger partial charge in [-0.15, -0.1) is 0 Å². The highest BCUT2D eigenvalue weighted by Crippen LogP contribution is 2.37. The van der Waals surface area contributed by atoms with Gasteiger partial charge in [-0.1, -0.05) is 25.0 Å². The molecule has 3 rings (SSSR count). The number of ketones is 1. The van der Waals surface area contributed by atoms with Gasteiger partial charge in [0.15, 0.2) is 5.78 Å². The van der Waals surface area contributed by atoms with E-state index in [0.717, 1.165) is 24.1 Å². The van der Waals surface area contributed by atoms with Crippen molar-refractivity contribution in [1.29, 1.82) is 0 Å². The number of hydrogen-bond acceptors (Lipinski definition) is 2. The molecule has 0 saturated heterocycles. The van der Waals surface area contributed by atoms with Crippen LogP contribution in [0.15, 0.2) is 24.3 Å². The second-order valence-corrected chi connectivity index (χ2v) is 5.70. The first-order valence-corrected chi connectivity index (χ1v) is 7.12. The van der Waals surface area contributed by atoms with Crippen molar-refractivity contribution in [2.24, 2.45) is 5.92 Å². The lowest BCUT2D eigenvalue weighted by Crippen LogP contribution is -2.42.